The van der Waals surface area contributed by atoms with Gasteiger partial charge in [-0.25, -0.2) is 4.21 Å². The largest absolute Gasteiger partial charge is 1.00 e. The zero-order chi connectivity index (χ0) is 10.4. The Morgan fingerprint density at radius 2 is 1.13 bits per heavy atom. The van der Waals surface area contributed by atoms with Crippen molar-refractivity contribution < 1.29 is 42.9 Å². The van der Waals surface area contributed by atoms with E-state index in [0.29, 0.717) is 0 Å². The molecule has 0 aromatic heterocycles. The molecule has 2 aromatic rings. The van der Waals surface area contributed by atoms with Crippen LogP contribution in [0.3, 0.4) is 0 Å². The molecule has 0 fully saturated rings. The zero-order valence-electron chi connectivity index (χ0n) is 8.29. The average molecular weight is 232 g/mol. The maximum atomic E-state index is 8.56. The van der Waals surface area contributed by atoms with Crippen LogP contribution in [-0.2, 0) is 11.4 Å². The van der Waals surface area contributed by atoms with E-state index < -0.39 is 11.4 Å². The number of benzene rings is 2. The predicted octanol–water partition coefficient (Wildman–Crippen LogP) is -0.818. The van der Waals surface area contributed by atoms with Gasteiger partial charge in [0, 0.05) is 0 Å². The van der Waals surface area contributed by atoms with Crippen molar-refractivity contribution >= 4 is 22.1 Å². The minimum Gasteiger partial charge on any atom is -0.750 e. The Hall–Kier alpha value is -0.230. The monoisotopic (exact) mass is 232 g/mol. The van der Waals surface area contributed by atoms with Crippen LogP contribution in [0.4, 0.5) is 0 Å². The van der Waals surface area contributed by atoms with Crippen LogP contribution in [0.15, 0.2) is 48.5 Å². The topological polar surface area (TPSA) is 60.4 Å². The molecule has 0 spiro atoms. The first-order chi connectivity index (χ1) is 6.70. The first-order valence-electron chi connectivity index (χ1n) is 3.92. The molecular weight excluding hydrogens is 223 g/mol. The fraction of sp³-hybridized carbons (Fsp3) is 0. The number of hydrogen-bond acceptors (Lipinski definition) is 2. The maximum Gasteiger partial charge on any atom is 1.00 e. The van der Waals surface area contributed by atoms with E-state index in [1.807, 2.05) is 0 Å². The Morgan fingerprint density at radius 3 is 1.33 bits per heavy atom. The van der Waals surface area contributed by atoms with Crippen molar-refractivity contribution in [1.29, 1.82) is 0 Å². The van der Waals surface area contributed by atoms with E-state index in [1.165, 1.54) is 10.8 Å². The van der Waals surface area contributed by atoms with Gasteiger partial charge < -0.3 is 9.11 Å². The first-order valence-corrected chi connectivity index (χ1v) is 4.95. The second-order valence-electron chi connectivity index (χ2n) is 2.56. The van der Waals surface area contributed by atoms with Crippen molar-refractivity contribution in [1.82, 2.24) is 0 Å². The quantitative estimate of drug-likeness (QED) is 0.477. The Kier molecular flexibility index (Phi) is 7.86. The summed E-state index contributed by atoms with van der Waals surface area (Å²) in [4.78, 5) is 0. The van der Waals surface area contributed by atoms with Gasteiger partial charge in [0.2, 0.25) is 0 Å². The molecule has 0 radical (unpaired) electrons. The van der Waals surface area contributed by atoms with E-state index in [9.17, 15) is 0 Å². The Morgan fingerprint density at radius 1 is 0.933 bits per heavy atom. The van der Waals surface area contributed by atoms with Crippen LogP contribution < -0.4 is 29.6 Å². The van der Waals surface area contributed by atoms with Crippen molar-refractivity contribution in [3.63, 3.8) is 0 Å². The SMILES string of the molecule is O=S([O-])O.[Na+].c1ccc2ccccc2c1. The summed E-state index contributed by atoms with van der Waals surface area (Å²) in [7, 11) is 0. The molecule has 0 aliphatic heterocycles. The molecule has 1 unspecified atom stereocenters. The first kappa shape index (κ1) is 14.8. The van der Waals surface area contributed by atoms with E-state index in [-0.39, 0.29) is 29.6 Å². The van der Waals surface area contributed by atoms with Gasteiger partial charge in [-0.15, -0.1) is 0 Å². The van der Waals surface area contributed by atoms with Crippen LogP contribution >= 0.6 is 0 Å². The molecule has 0 amide bonds. The summed E-state index contributed by atoms with van der Waals surface area (Å²) in [6, 6.07) is 16.7. The van der Waals surface area contributed by atoms with E-state index in [2.05, 4.69) is 48.5 Å². The third-order valence-corrected chi connectivity index (χ3v) is 1.66. The number of rotatable bonds is 0. The van der Waals surface area contributed by atoms with Gasteiger partial charge in [-0.05, 0) is 10.8 Å². The van der Waals surface area contributed by atoms with E-state index >= 15 is 0 Å². The van der Waals surface area contributed by atoms with E-state index in [1.54, 1.807) is 0 Å². The summed E-state index contributed by atoms with van der Waals surface area (Å²) in [6.07, 6.45) is 0. The Labute approximate surface area is 113 Å². The Balaban J connectivity index is 0.000000346. The summed E-state index contributed by atoms with van der Waals surface area (Å²) >= 11 is -2.86. The Bertz CT molecular complexity index is 364. The van der Waals surface area contributed by atoms with Gasteiger partial charge in [0.25, 0.3) is 0 Å². The summed E-state index contributed by atoms with van der Waals surface area (Å²) in [6.45, 7) is 0. The van der Waals surface area contributed by atoms with Crippen LogP contribution in [0.2, 0.25) is 0 Å². The molecule has 0 saturated carbocycles. The fourth-order valence-corrected chi connectivity index (χ4v) is 1.13. The minimum absolute atomic E-state index is 0. The van der Waals surface area contributed by atoms with Crippen LogP contribution in [0, 0.1) is 0 Å². The third kappa shape index (κ3) is 6.04. The fourth-order valence-electron chi connectivity index (χ4n) is 1.13. The average Bonchev–Trinajstić information content (AvgIpc) is 2.17. The summed E-state index contributed by atoms with van der Waals surface area (Å²) in [5.74, 6) is 0. The van der Waals surface area contributed by atoms with Gasteiger partial charge in [-0.3, -0.25) is 0 Å². The third-order valence-electron chi connectivity index (χ3n) is 1.66. The minimum atomic E-state index is -2.86. The molecule has 1 atom stereocenters. The molecular formula is C10H9NaO3S. The molecule has 74 valence electrons. The molecule has 0 aliphatic carbocycles. The predicted molar refractivity (Wildman–Crippen MR) is 55.5 cm³/mol. The normalized spacial score (nSPS) is 10.8. The number of fused-ring (bicyclic) bond motifs is 1. The number of hydrogen-bond donors (Lipinski definition) is 1. The van der Waals surface area contributed by atoms with Crippen LogP contribution in [0.1, 0.15) is 0 Å². The molecule has 2 rings (SSSR count). The second-order valence-corrected chi connectivity index (χ2v) is 3.00. The van der Waals surface area contributed by atoms with Crippen LogP contribution in [-0.4, -0.2) is 13.3 Å². The van der Waals surface area contributed by atoms with Gasteiger partial charge in [0.05, 0.1) is 11.4 Å². The smallest absolute Gasteiger partial charge is 0.750 e. The second kappa shape index (κ2) is 7.98. The van der Waals surface area contributed by atoms with Gasteiger partial charge in [0.15, 0.2) is 0 Å². The standard InChI is InChI=1S/C10H8.Na.H2O3S/c1-2-6-10-8-4-3-7-9(10)5-1;;1-4(2)3/h1-8H;;(H2,1,2,3)/q;+1;/p-1. The van der Waals surface area contributed by atoms with Crippen molar-refractivity contribution in [2.24, 2.45) is 0 Å². The summed E-state index contributed by atoms with van der Waals surface area (Å²) in [5, 5.41) is 2.62. The van der Waals surface area contributed by atoms with Crippen LogP contribution in [0.5, 0.6) is 0 Å². The molecule has 0 bridgehead atoms. The molecule has 5 heteroatoms. The molecule has 2 aromatic carbocycles. The van der Waals surface area contributed by atoms with Crippen molar-refractivity contribution in [2.75, 3.05) is 0 Å². The molecule has 0 heterocycles. The van der Waals surface area contributed by atoms with Gasteiger partial charge in [-0.2, -0.15) is 0 Å². The van der Waals surface area contributed by atoms with Crippen molar-refractivity contribution in [3.05, 3.63) is 48.5 Å². The van der Waals surface area contributed by atoms with Crippen molar-refractivity contribution in [2.45, 2.75) is 0 Å². The molecule has 3 nitrogen and oxygen atoms in total. The van der Waals surface area contributed by atoms with Gasteiger partial charge in [-0.1, -0.05) is 48.5 Å². The molecule has 15 heavy (non-hydrogen) atoms. The summed E-state index contributed by atoms with van der Waals surface area (Å²) in [5.41, 5.74) is 0. The molecule has 0 aliphatic rings. The van der Waals surface area contributed by atoms with E-state index in [0.717, 1.165) is 0 Å². The zero-order valence-corrected chi connectivity index (χ0v) is 11.1. The van der Waals surface area contributed by atoms with Gasteiger partial charge in [0.1, 0.15) is 0 Å². The summed E-state index contributed by atoms with van der Waals surface area (Å²) < 4.78 is 24.1. The molecule has 1 N–H and O–H groups in total. The van der Waals surface area contributed by atoms with Crippen LogP contribution in [0.25, 0.3) is 10.8 Å². The van der Waals surface area contributed by atoms with Crippen molar-refractivity contribution in [3.8, 4) is 0 Å². The molecule has 0 saturated heterocycles. The maximum absolute atomic E-state index is 8.56. The van der Waals surface area contributed by atoms with Gasteiger partial charge >= 0.3 is 29.6 Å². The van der Waals surface area contributed by atoms with E-state index in [4.69, 9.17) is 13.3 Å².